The zero-order valence-electron chi connectivity index (χ0n) is 14.8. The molecule has 0 radical (unpaired) electrons. The first-order valence-electron chi connectivity index (χ1n) is 8.83. The van der Waals surface area contributed by atoms with E-state index in [2.05, 4.69) is 15.7 Å². The van der Waals surface area contributed by atoms with Crippen molar-refractivity contribution < 1.29 is 22.8 Å². The van der Waals surface area contributed by atoms with Crippen LogP contribution in [-0.2, 0) is 18.0 Å². The maximum Gasteiger partial charge on any atom is 0.420 e. The van der Waals surface area contributed by atoms with Crippen molar-refractivity contribution in [2.24, 2.45) is 24.8 Å². The van der Waals surface area contributed by atoms with Gasteiger partial charge in [0.1, 0.15) is 11.3 Å². The summed E-state index contributed by atoms with van der Waals surface area (Å²) in [5.74, 6) is 1.04. The van der Waals surface area contributed by atoms with Gasteiger partial charge in [-0.1, -0.05) is 0 Å². The molecule has 144 valence electrons. The normalized spacial score (nSPS) is 23.4. The Morgan fingerprint density at radius 1 is 1.38 bits per heavy atom. The molecular weight excluding hydrogens is 349 g/mol. The molecule has 0 bridgehead atoms. The predicted molar refractivity (Wildman–Crippen MR) is 87.1 cm³/mol. The van der Waals surface area contributed by atoms with Crippen LogP contribution in [0.25, 0.3) is 0 Å². The first-order chi connectivity index (χ1) is 12.2. The van der Waals surface area contributed by atoms with Crippen molar-refractivity contribution in [3.05, 3.63) is 17.5 Å². The second-order valence-electron chi connectivity index (χ2n) is 7.41. The van der Waals surface area contributed by atoms with E-state index >= 15 is 0 Å². The zero-order valence-corrected chi connectivity index (χ0v) is 14.8. The number of carbonyl (C=O) groups excluding carboxylic acids is 2. The van der Waals surface area contributed by atoms with Gasteiger partial charge in [0.05, 0.1) is 6.20 Å². The summed E-state index contributed by atoms with van der Waals surface area (Å²) < 4.78 is 39.7. The van der Waals surface area contributed by atoms with Crippen LogP contribution in [0.3, 0.4) is 0 Å². The summed E-state index contributed by atoms with van der Waals surface area (Å²) in [5, 5.41) is 8.75. The highest BCUT2D eigenvalue weighted by Gasteiger charge is 2.47. The molecule has 2 saturated carbocycles. The number of rotatable bonds is 7. The third-order valence-corrected chi connectivity index (χ3v) is 5.09. The van der Waals surface area contributed by atoms with Gasteiger partial charge in [-0.25, -0.2) is 0 Å². The quantitative estimate of drug-likeness (QED) is 0.770. The summed E-state index contributed by atoms with van der Waals surface area (Å²) in [6.45, 7) is 1.80. The number of hydrogen-bond donors (Lipinski definition) is 2. The van der Waals surface area contributed by atoms with Crippen LogP contribution >= 0.6 is 0 Å². The lowest BCUT2D eigenvalue weighted by molar-refractivity contribution is -0.138. The molecule has 0 aromatic carbocycles. The summed E-state index contributed by atoms with van der Waals surface area (Å²) in [6.07, 6.45) is 0.139. The van der Waals surface area contributed by atoms with Crippen LogP contribution in [0.1, 0.15) is 48.7 Å². The fraction of sp³-hybridized carbons (Fsp3) is 0.706. The predicted octanol–water partition coefficient (Wildman–Crippen LogP) is 2.11. The second-order valence-corrected chi connectivity index (χ2v) is 7.41. The molecule has 0 unspecified atom stereocenters. The number of hydrogen-bond acceptors (Lipinski definition) is 3. The van der Waals surface area contributed by atoms with E-state index in [9.17, 15) is 22.8 Å². The Labute approximate surface area is 149 Å². The van der Waals surface area contributed by atoms with Crippen LogP contribution in [0.15, 0.2) is 6.20 Å². The summed E-state index contributed by atoms with van der Waals surface area (Å²) >= 11 is 0. The Bertz CT molecular complexity index is 697. The number of nitrogens with zero attached hydrogens (tertiary/aromatic N) is 2. The van der Waals surface area contributed by atoms with Crippen LogP contribution in [0.4, 0.5) is 13.2 Å². The van der Waals surface area contributed by atoms with E-state index in [1.54, 1.807) is 6.92 Å². The molecule has 3 rings (SSSR count). The molecule has 26 heavy (non-hydrogen) atoms. The molecule has 1 aromatic rings. The van der Waals surface area contributed by atoms with Gasteiger partial charge in [0, 0.05) is 26.1 Å². The van der Waals surface area contributed by atoms with Crippen molar-refractivity contribution in [3.63, 3.8) is 0 Å². The fourth-order valence-electron chi connectivity index (χ4n) is 3.44. The van der Waals surface area contributed by atoms with Crippen molar-refractivity contribution in [3.8, 4) is 0 Å². The molecule has 2 aliphatic carbocycles. The van der Waals surface area contributed by atoms with Crippen molar-refractivity contribution in [2.75, 3.05) is 6.54 Å². The molecule has 2 amide bonds. The zero-order chi connectivity index (χ0) is 19.1. The van der Waals surface area contributed by atoms with Gasteiger partial charge in [0.2, 0.25) is 5.91 Å². The Morgan fingerprint density at radius 3 is 2.69 bits per heavy atom. The van der Waals surface area contributed by atoms with Crippen molar-refractivity contribution in [1.82, 2.24) is 20.4 Å². The number of nitrogens with one attached hydrogen (secondary N) is 2. The van der Waals surface area contributed by atoms with Gasteiger partial charge in [-0.05, 0) is 43.9 Å². The molecule has 2 fully saturated rings. The van der Waals surface area contributed by atoms with Gasteiger partial charge in [0.25, 0.3) is 5.91 Å². The van der Waals surface area contributed by atoms with Crippen molar-refractivity contribution in [1.29, 1.82) is 0 Å². The van der Waals surface area contributed by atoms with E-state index in [0.29, 0.717) is 24.5 Å². The monoisotopic (exact) mass is 372 g/mol. The topological polar surface area (TPSA) is 76.0 Å². The Balaban J connectivity index is 1.46. The molecule has 1 aromatic heterocycles. The summed E-state index contributed by atoms with van der Waals surface area (Å²) in [5.41, 5.74) is -1.62. The van der Waals surface area contributed by atoms with Crippen LogP contribution in [0.2, 0.25) is 0 Å². The third-order valence-electron chi connectivity index (χ3n) is 5.09. The number of carbonyl (C=O) groups is 2. The van der Waals surface area contributed by atoms with Crippen LogP contribution in [0.5, 0.6) is 0 Å². The smallest absolute Gasteiger partial charge is 0.354 e. The van der Waals surface area contributed by atoms with E-state index in [0.717, 1.165) is 17.0 Å². The summed E-state index contributed by atoms with van der Waals surface area (Å²) in [4.78, 5) is 24.1. The number of halogens is 3. The van der Waals surface area contributed by atoms with Gasteiger partial charge in [-0.15, -0.1) is 0 Å². The maximum absolute atomic E-state index is 12.9. The van der Waals surface area contributed by atoms with E-state index in [-0.39, 0.29) is 12.5 Å². The maximum atomic E-state index is 12.9. The van der Waals surface area contributed by atoms with Gasteiger partial charge in [-0.2, -0.15) is 18.3 Å². The van der Waals surface area contributed by atoms with Crippen molar-refractivity contribution >= 4 is 11.8 Å². The van der Waals surface area contributed by atoms with Crippen LogP contribution in [0, 0.1) is 17.8 Å². The minimum absolute atomic E-state index is 0.0734. The van der Waals surface area contributed by atoms with E-state index in [1.165, 1.54) is 19.9 Å². The lowest BCUT2D eigenvalue weighted by Gasteiger charge is -2.16. The minimum atomic E-state index is -4.65. The van der Waals surface area contributed by atoms with E-state index in [4.69, 9.17) is 0 Å². The van der Waals surface area contributed by atoms with Crippen LogP contribution < -0.4 is 10.6 Å². The van der Waals surface area contributed by atoms with Crippen molar-refractivity contribution in [2.45, 2.75) is 44.8 Å². The lowest BCUT2D eigenvalue weighted by atomic mass is 10.1. The standard InChI is InChI=1S/C17H23F3N4O2/c1-9(7-21-14(25)6-11-5-12(11)10-3-4-10)23-16(26)15-13(17(18,19)20)8-22-24(15)2/h8-12H,3-7H2,1-2H3,(H,21,25)(H,23,26)/t9-,11+,12+/m1/s1. The van der Waals surface area contributed by atoms with Gasteiger partial charge < -0.3 is 10.6 Å². The Hall–Kier alpha value is -2.06. The molecule has 2 N–H and O–H groups in total. The van der Waals surface area contributed by atoms with Crippen LogP contribution in [-0.4, -0.2) is 34.2 Å². The third kappa shape index (κ3) is 4.37. The molecule has 2 aliphatic rings. The van der Waals surface area contributed by atoms with Gasteiger partial charge >= 0.3 is 6.18 Å². The van der Waals surface area contributed by atoms with Gasteiger partial charge in [-0.3, -0.25) is 14.3 Å². The van der Waals surface area contributed by atoms with E-state index < -0.39 is 29.4 Å². The first kappa shape index (κ1) is 18.7. The average molecular weight is 372 g/mol. The second kappa shape index (κ2) is 6.92. The largest absolute Gasteiger partial charge is 0.420 e. The van der Waals surface area contributed by atoms with Gasteiger partial charge in [0.15, 0.2) is 0 Å². The lowest BCUT2D eigenvalue weighted by Crippen LogP contribution is -2.42. The number of aryl methyl sites for hydroxylation is 1. The SMILES string of the molecule is C[C@H](CNC(=O)C[C@@H]1C[C@H]1C1CC1)NC(=O)c1c(C(F)(F)F)cnn1C. The molecule has 0 spiro atoms. The minimum Gasteiger partial charge on any atom is -0.354 e. The molecule has 1 heterocycles. The molecule has 9 heteroatoms. The molecule has 0 aliphatic heterocycles. The molecular formula is C17H23F3N4O2. The number of alkyl halides is 3. The summed E-state index contributed by atoms with van der Waals surface area (Å²) in [7, 11) is 1.28. The Morgan fingerprint density at radius 2 is 2.08 bits per heavy atom. The summed E-state index contributed by atoms with van der Waals surface area (Å²) in [6, 6.07) is -0.499. The molecule has 6 nitrogen and oxygen atoms in total. The number of aromatic nitrogens is 2. The highest BCUT2D eigenvalue weighted by Crippen LogP contribution is 2.55. The Kier molecular flexibility index (Phi) is 4.98. The number of amides is 2. The highest BCUT2D eigenvalue weighted by molar-refractivity contribution is 5.94. The van der Waals surface area contributed by atoms with E-state index in [1.807, 2.05) is 0 Å². The molecule has 0 saturated heterocycles. The average Bonchev–Trinajstić information content (AvgIpc) is 3.42. The first-order valence-corrected chi connectivity index (χ1v) is 8.83. The fourth-order valence-corrected chi connectivity index (χ4v) is 3.44. The highest BCUT2D eigenvalue weighted by atomic mass is 19.4. The molecule has 3 atom stereocenters.